The zero-order valence-electron chi connectivity index (χ0n) is 8.47. The molecule has 0 fully saturated rings. The molecule has 14 heavy (non-hydrogen) atoms. The van der Waals surface area contributed by atoms with Crippen molar-refractivity contribution in [2.45, 2.75) is 26.7 Å². The first-order valence-electron chi connectivity index (χ1n) is 4.43. The highest BCUT2D eigenvalue weighted by Gasteiger charge is 2.15. The highest BCUT2D eigenvalue weighted by Crippen LogP contribution is 2.21. The maximum absolute atomic E-state index is 13.3. The molecule has 0 saturated heterocycles. The molecule has 0 saturated carbocycles. The van der Waals surface area contributed by atoms with Gasteiger partial charge in [-0.25, -0.2) is 4.39 Å². The normalized spacial score (nSPS) is 12.6. The fourth-order valence-corrected chi connectivity index (χ4v) is 1.24. The number of carbonyl (C=O) groups is 1. The SMILES string of the molecule is Cc1cc(C(C)C(=O)O)cc(F)c1C. The van der Waals surface area contributed by atoms with E-state index in [9.17, 15) is 9.18 Å². The summed E-state index contributed by atoms with van der Waals surface area (Å²) in [5, 5.41) is 8.76. The van der Waals surface area contributed by atoms with Crippen LogP contribution in [0.2, 0.25) is 0 Å². The molecule has 1 rings (SSSR count). The molecule has 3 heteroatoms. The van der Waals surface area contributed by atoms with Crippen molar-refractivity contribution in [3.63, 3.8) is 0 Å². The summed E-state index contributed by atoms with van der Waals surface area (Å²) in [5.41, 5.74) is 1.87. The number of aryl methyl sites for hydroxylation is 1. The van der Waals surface area contributed by atoms with Gasteiger partial charge in [-0.3, -0.25) is 4.79 Å². The van der Waals surface area contributed by atoms with Crippen LogP contribution in [0.15, 0.2) is 12.1 Å². The molecule has 0 aromatic heterocycles. The van der Waals surface area contributed by atoms with Crippen LogP contribution in [0.4, 0.5) is 4.39 Å². The number of benzene rings is 1. The molecule has 0 amide bonds. The molecule has 76 valence electrons. The minimum atomic E-state index is -0.937. The average Bonchev–Trinajstić information content (AvgIpc) is 2.12. The third kappa shape index (κ3) is 1.92. The number of halogens is 1. The second-order valence-corrected chi connectivity index (χ2v) is 3.50. The fourth-order valence-electron chi connectivity index (χ4n) is 1.24. The quantitative estimate of drug-likeness (QED) is 0.789. The molecule has 0 spiro atoms. The number of hydrogen-bond acceptors (Lipinski definition) is 1. The maximum atomic E-state index is 13.3. The molecule has 0 heterocycles. The third-order valence-corrected chi connectivity index (χ3v) is 2.50. The number of hydrogen-bond donors (Lipinski definition) is 1. The lowest BCUT2D eigenvalue weighted by Crippen LogP contribution is -2.08. The van der Waals surface area contributed by atoms with Gasteiger partial charge in [-0.05, 0) is 43.5 Å². The van der Waals surface area contributed by atoms with Gasteiger partial charge in [0.1, 0.15) is 5.82 Å². The summed E-state index contributed by atoms with van der Waals surface area (Å²) in [5.74, 6) is -1.94. The van der Waals surface area contributed by atoms with Gasteiger partial charge >= 0.3 is 5.97 Å². The van der Waals surface area contributed by atoms with E-state index in [-0.39, 0.29) is 5.82 Å². The van der Waals surface area contributed by atoms with Crippen LogP contribution in [-0.2, 0) is 4.79 Å². The molecule has 0 radical (unpaired) electrons. The first kappa shape index (κ1) is 10.7. The molecule has 2 nitrogen and oxygen atoms in total. The summed E-state index contributed by atoms with van der Waals surface area (Å²) in [6, 6.07) is 3.01. The monoisotopic (exact) mass is 196 g/mol. The van der Waals surface area contributed by atoms with Crippen molar-refractivity contribution in [3.8, 4) is 0 Å². The Morgan fingerprint density at radius 3 is 2.43 bits per heavy atom. The summed E-state index contributed by atoms with van der Waals surface area (Å²) < 4.78 is 13.3. The Hall–Kier alpha value is -1.38. The van der Waals surface area contributed by atoms with E-state index in [1.165, 1.54) is 6.07 Å². The van der Waals surface area contributed by atoms with Gasteiger partial charge in [-0.1, -0.05) is 6.07 Å². The van der Waals surface area contributed by atoms with E-state index in [0.717, 1.165) is 5.56 Å². The molecule has 1 unspecified atom stereocenters. The molecule has 1 N–H and O–H groups in total. The molecule has 0 aliphatic rings. The van der Waals surface area contributed by atoms with Crippen LogP contribution in [0, 0.1) is 19.7 Å². The number of rotatable bonds is 2. The highest BCUT2D eigenvalue weighted by molar-refractivity contribution is 5.75. The van der Waals surface area contributed by atoms with Crippen molar-refractivity contribution in [2.24, 2.45) is 0 Å². The van der Waals surface area contributed by atoms with Crippen LogP contribution < -0.4 is 0 Å². The van der Waals surface area contributed by atoms with E-state index in [0.29, 0.717) is 11.1 Å². The molecule has 1 atom stereocenters. The Morgan fingerprint density at radius 2 is 2.00 bits per heavy atom. The van der Waals surface area contributed by atoms with Crippen molar-refractivity contribution in [3.05, 3.63) is 34.6 Å². The summed E-state index contributed by atoms with van der Waals surface area (Å²) in [4.78, 5) is 10.7. The Bertz CT molecular complexity index is 349. The maximum Gasteiger partial charge on any atom is 0.310 e. The molecule has 0 aliphatic carbocycles. The second kappa shape index (κ2) is 3.78. The van der Waals surface area contributed by atoms with Gasteiger partial charge in [-0.15, -0.1) is 0 Å². The molecular formula is C11H13FO2. The van der Waals surface area contributed by atoms with Gasteiger partial charge in [0.05, 0.1) is 5.92 Å². The lowest BCUT2D eigenvalue weighted by atomic mass is 9.97. The minimum Gasteiger partial charge on any atom is -0.481 e. The average molecular weight is 196 g/mol. The van der Waals surface area contributed by atoms with Gasteiger partial charge in [0.15, 0.2) is 0 Å². The molecule has 0 aliphatic heterocycles. The van der Waals surface area contributed by atoms with Gasteiger partial charge in [0.2, 0.25) is 0 Å². The zero-order chi connectivity index (χ0) is 10.9. The van der Waals surface area contributed by atoms with E-state index in [2.05, 4.69) is 0 Å². The van der Waals surface area contributed by atoms with Crippen LogP contribution in [0.3, 0.4) is 0 Å². The second-order valence-electron chi connectivity index (χ2n) is 3.50. The van der Waals surface area contributed by atoms with Crippen LogP contribution in [-0.4, -0.2) is 11.1 Å². The van der Waals surface area contributed by atoms with Crippen molar-refractivity contribution in [1.29, 1.82) is 0 Å². The summed E-state index contributed by atoms with van der Waals surface area (Å²) in [6.45, 7) is 5.00. The largest absolute Gasteiger partial charge is 0.481 e. The van der Waals surface area contributed by atoms with E-state index in [1.54, 1.807) is 26.8 Å². The summed E-state index contributed by atoms with van der Waals surface area (Å²) >= 11 is 0. The molecule has 1 aromatic rings. The number of carboxylic acids is 1. The standard InChI is InChI=1S/C11H13FO2/c1-6-4-9(8(3)11(13)14)5-10(12)7(6)2/h4-5,8H,1-3H3,(H,13,14). The van der Waals surface area contributed by atoms with E-state index in [1.807, 2.05) is 0 Å². The number of aliphatic carboxylic acids is 1. The Kier molecular flexibility index (Phi) is 2.89. The van der Waals surface area contributed by atoms with Gasteiger partial charge in [0.25, 0.3) is 0 Å². The topological polar surface area (TPSA) is 37.3 Å². The third-order valence-electron chi connectivity index (χ3n) is 2.50. The van der Waals surface area contributed by atoms with Crippen LogP contribution in [0.1, 0.15) is 29.5 Å². The van der Waals surface area contributed by atoms with Crippen molar-refractivity contribution in [2.75, 3.05) is 0 Å². The molecule has 0 bridgehead atoms. The van der Waals surface area contributed by atoms with Gasteiger partial charge in [0, 0.05) is 0 Å². The minimum absolute atomic E-state index is 0.340. The fraction of sp³-hybridized carbons (Fsp3) is 0.364. The lowest BCUT2D eigenvalue weighted by molar-refractivity contribution is -0.138. The summed E-state index contributed by atoms with van der Waals surface area (Å²) in [7, 11) is 0. The van der Waals surface area contributed by atoms with Gasteiger partial charge in [-0.2, -0.15) is 0 Å². The summed E-state index contributed by atoms with van der Waals surface area (Å²) in [6.07, 6.45) is 0. The lowest BCUT2D eigenvalue weighted by Gasteiger charge is -2.10. The van der Waals surface area contributed by atoms with Crippen LogP contribution >= 0.6 is 0 Å². The first-order chi connectivity index (χ1) is 6.43. The van der Waals surface area contributed by atoms with E-state index < -0.39 is 11.9 Å². The smallest absolute Gasteiger partial charge is 0.310 e. The zero-order valence-corrected chi connectivity index (χ0v) is 8.47. The van der Waals surface area contributed by atoms with Gasteiger partial charge < -0.3 is 5.11 Å². The molecular weight excluding hydrogens is 183 g/mol. The first-order valence-corrected chi connectivity index (χ1v) is 4.43. The number of carboxylic acid groups (broad SMARTS) is 1. The Morgan fingerprint density at radius 1 is 1.43 bits per heavy atom. The predicted molar refractivity (Wildman–Crippen MR) is 51.9 cm³/mol. The van der Waals surface area contributed by atoms with Crippen molar-refractivity contribution < 1.29 is 14.3 Å². The van der Waals surface area contributed by atoms with Crippen molar-refractivity contribution in [1.82, 2.24) is 0 Å². The highest BCUT2D eigenvalue weighted by atomic mass is 19.1. The Labute approximate surface area is 82.4 Å². The van der Waals surface area contributed by atoms with Crippen LogP contribution in [0.25, 0.3) is 0 Å². The van der Waals surface area contributed by atoms with E-state index in [4.69, 9.17) is 5.11 Å². The molecule has 1 aromatic carbocycles. The van der Waals surface area contributed by atoms with Crippen molar-refractivity contribution >= 4 is 5.97 Å². The Balaban J connectivity index is 3.19. The van der Waals surface area contributed by atoms with Crippen LogP contribution in [0.5, 0.6) is 0 Å². The predicted octanol–water partition coefficient (Wildman–Crippen LogP) is 2.63. The van der Waals surface area contributed by atoms with E-state index >= 15 is 0 Å².